The van der Waals surface area contributed by atoms with E-state index in [2.05, 4.69) is 5.32 Å². The fourth-order valence-electron chi connectivity index (χ4n) is 1.68. The molecule has 1 atom stereocenters. The van der Waals surface area contributed by atoms with Crippen LogP contribution in [0.2, 0.25) is 0 Å². The zero-order valence-electron chi connectivity index (χ0n) is 11.2. The lowest BCUT2D eigenvalue weighted by Gasteiger charge is -2.15. The van der Waals surface area contributed by atoms with Crippen LogP contribution in [-0.2, 0) is 4.79 Å². The van der Waals surface area contributed by atoms with Gasteiger partial charge in [-0.2, -0.15) is 0 Å². The van der Waals surface area contributed by atoms with E-state index in [1.165, 1.54) is 12.1 Å². The number of nitrogens with zero attached hydrogens (tertiary/aromatic N) is 1. The third kappa shape index (κ3) is 4.84. The highest BCUT2D eigenvalue weighted by Gasteiger charge is 2.06. The van der Waals surface area contributed by atoms with Crippen LogP contribution in [0.1, 0.15) is 31.4 Å². The smallest absolute Gasteiger partial charge is 0.222 e. The molecule has 1 rings (SSSR count). The van der Waals surface area contributed by atoms with Crippen LogP contribution in [-0.4, -0.2) is 31.4 Å². The Bertz CT molecular complexity index is 393. The van der Waals surface area contributed by atoms with Crippen molar-refractivity contribution >= 4 is 5.91 Å². The molecule has 1 amide bonds. The van der Waals surface area contributed by atoms with E-state index in [9.17, 15) is 9.18 Å². The summed E-state index contributed by atoms with van der Waals surface area (Å²) < 4.78 is 13.0. The van der Waals surface area contributed by atoms with Crippen LogP contribution in [0, 0.1) is 5.82 Å². The molecule has 0 saturated carbocycles. The molecule has 0 bridgehead atoms. The molecule has 1 unspecified atom stereocenters. The molecular weight excluding hydrogens is 231 g/mol. The maximum absolute atomic E-state index is 13.0. The summed E-state index contributed by atoms with van der Waals surface area (Å²) in [5.41, 5.74) is 0.925. The number of halogens is 1. The van der Waals surface area contributed by atoms with Crippen LogP contribution in [0.4, 0.5) is 4.39 Å². The number of carbonyl (C=O) groups excluding carboxylic acids is 1. The van der Waals surface area contributed by atoms with Crippen molar-refractivity contribution in [1.29, 1.82) is 0 Å². The Morgan fingerprint density at radius 2 is 2.17 bits per heavy atom. The fourth-order valence-corrected chi connectivity index (χ4v) is 1.68. The van der Waals surface area contributed by atoms with Crippen molar-refractivity contribution in [2.24, 2.45) is 0 Å². The van der Waals surface area contributed by atoms with Gasteiger partial charge in [0.2, 0.25) is 5.91 Å². The summed E-state index contributed by atoms with van der Waals surface area (Å²) >= 11 is 0. The third-order valence-corrected chi connectivity index (χ3v) is 2.87. The number of benzene rings is 1. The van der Waals surface area contributed by atoms with Crippen molar-refractivity contribution in [3.05, 3.63) is 35.6 Å². The van der Waals surface area contributed by atoms with E-state index < -0.39 is 0 Å². The van der Waals surface area contributed by atoms with Gasteiger partial charge in [0.05, 0.1) is 0 Å². The normalized spacial score (nSPS) is 12.2. The maximum Gasteiger partial charge on any atom is 0.222 e. The molecule has 0 aliphatic rings. The summed E-state index contributed by atoms with van der Waals surface area (Å²) in [6.07, 6.45) is 1.33. The van der Waals surface area contributed by atoms with Gasteiger partial charge in [0.25, 0.3) is 0 Å². The second kappa shape index (κ2) is 7.11. The molecule has 0 saturated heterocycles. The van der Waals surface area contributed by atoms with Crippen molar-refractivity contribution in [3.63, 3.8) is 0 Å². The van der Waals surface area contributed by atoms with Crippen molar-refractivity contribution < 1.29 is 9.18 Å². The minimum atomic E-state index is -0.219. The van der Waals surface area contributed by atoms with Crippen LogP contribution in [0.3, 0.4) is 0 Å². The number of rotatable bonds is 6. The van der Waals surface area contributed by atoms with Gasteiger partial charge in [-0.25, -0.2) is 4.39 Å². The monoisotopic (exact) mass is 252 g/mol. The summed E-state index contributed by atoms with van der Waals surface area (Å²) in [6.45, 7) is 2.74. The number of amides is 1. The maximum atomic E-state index is 13.0. The number of nitrogens with one attached hydrogen (secondary N) is 1. The van der Waals surface area contributed by atoms with Crippen molar-refractivity contribution in [2.75, 3.05) is 20.6 Å². The summed E-state index contributed by atoms with van der Waals surface area (Å²) in [6, 6.07) is 6.66. The Kier molecular flexibility index (Phi) is 5.78. The molecule has 4 heteroatoms. The van der Waals surface area contributed by atoms with Gasteiger partial charge >= 0.3 is 0 Å². The molecule has 1 N–H and O–H groups in total. The first kappa shape index (κ1) is 14.6. The van der Waals surface area contributed by atoms with E-state index in [0.29, 0.717) is 6.42 Å². The van der Waals surface area contributed by atoms with Crippen LogP contribution >= 0.6 is 0 Å². The van der Waals surface area contributed by atoms with Gasteiger partial charge in [-0.05, 0) is 37.6 Å². The number of hydrogen-bond donors (Lipinski definition) is 1. The summed E-state index contributed by atoms with van der Waals surface area (Å²) in [4.78, 5) is 12.9. The van der Waals surface area contributed by atoms with E-state index in [4.69, 9.17) is 0 Å². The second-order valence-electron chi connectivity index (χ2n) is 4.62. The molecule has 0 aliphatic heterocycles. The molecule has 0 radical (unpaired) electrons. The molecule has 18 heavy (non-hydrogen) atoms. The zero-order chi connectivity index (χ0) is 13.5. The topological polar surface area (TPSA) is 32.3 Å². The van der Waals surface area contributed by atoms with E-state index in [0.717, 1.165) is 18.5 Å². The van der Waals surface area contributed by atoms with Gasteiger partial charge in [0, 0.05) is 26.6 Å². The molecule has 3 nitrogen and oxygen atoms in total. The molecule has 1 aromatic rings. The molecule has 100 valence electrons. The first-order chi connectivity index (χ1) is 8.50. The van der Waals surface area contributed by atoms with Gasteiger partial charge in [-0.3, -0.25) is 4.79 Å². The molecule has 0 fully saturated rings. The molecule has 0 aromatic heterocycles. The first-order valence-corrected chi connectivity index (χ1v) is 6.19. The van der Waals surface area contributed by atoms with Crippen molar-refractivity contribution in [1.82, 2.24) is 10.2 Å². The number of hydrogen-bond acceptors (Lipinski definition) is 2. The van der Waals surface area contributed by atoms with Crippen LogP contribution in [0.25, 0.3) is 0 Å². The summed E-state index contributed by atoms with van der Waals surface area (Å²) in [5.74, 6) is -0.0841. The highest BCUT2D eigenvalue weighted by Crippen LogP contribution is 2.13. The fraction of sp³-hybridized carbons (Fsp3) is 0.500. The molecule has 0 aliphatic carbocycles. The lowest BCUT2D eigenvalue weighted by atomic mass is 10.1. The lowest BCUT2D eigenvalue weighted by molar-refractivity contribution is -0.128. The Labute approximate surface area is 108 Å². The van der Waals surface area contributed by atoms with Gasteiger partial charge in [0.15, 0.2) is 0 Å². The molecule has 0 heterocycles. The Hall–Kier alpha value is -1.42. The Balaban J connectivity index is 2.29. The molecule has 0 spiro atoms. The largest absolute Gasteiger partial charge is 0.349 e. The van der Waals surface area contributed by atoms with E-state index in [1.54, 1.807) is 25.1 Å². The van der Waals surface area contributed by atoms with Crippen LogP contribution in [0.5, 0.6) is 0 Å². The third-order valence-electron chi connectivity index (χ3n) is 2.87. The van der Waals surface area contributed by atoms with E-state index in [-0.39, 0.29) is 17.8 Å². The van der Waals surface area contributed by atoms with Crippen LogP contribution in [0.15, 0.2) is 24.3 Å². The van der Waals surface area contributed by atoms with Crippen LogP contribution < -0.4 is 5.32 Å². The van der Waals surface area contributed by atoms with E-state index in [1.807, 2.05) is 13.0 Å². The van der Waals surface area contributed by atoms with Crippen molar-refractivity contribution in [2.45, 2.75) is 25.8 Å². The minimum Gasteiger partial charge on any atom is -0.349 e. The average Bonchev–Trinajstić information content (AvgIpc) is 2.33. The Morgan fingerprint density at radius 3 is 2.78 bits per heavy atom. The van der Waals surface area contributed by atoms with Gasteiger partial charge in [-0.1, -0.05) is 12.1 Å². The predicted molar refractivity (Wildman–Crippen MR) is 70.7 cm³/mol. The summed E-state index contributed by atoms with van der Waals surface area (Å²) in [5, 5.41) is 3.28. The minimum absolute atomic E-state index is 0.0927. The average molecular weight is 252 g/mol. The highest BCUT2D eigenvalue weighted by atomic mass is 19.1. The van der Waals surface area contributed by atoms with E-state index >= 15 is 0 Å². The predicted octanol–water partition coefficient (Wildman–Crippen LogP) is 2.34. The molecular formula is C14H21FN2O. The summed E-state index contributed by atoms with van der Waals surface area (Å²) in [7, 11) is 3.51. The standard InChI is InChI=1S/C14H21FN2O/c1-11(12-6-4-7-13(15)10-12)16-9-5-8-14(18)17(2)3/h4,6-7,10-11,16H,5,8-9H2,1-3H3. The number of carbonyl (C=O) groups is 1. The van der Waals surface area contributed by atoms with Gasteiger partial charge < -0.3 is 10.2 Å². The zero-order valence-corrected chi connectivity index (χ0v) is 11.2. The SMILES string of the molecule is CC(NCCCC(=O)N(C)C)c1cccc(F)c1. The van der Waals surface area contributed by atoms with Gasteiger partial charge in [0.1, 0.15) is 5.82 Å². The van der Waals surface area contributed by atoms with Gasteiger partial charge in [-0.15, -0.1) is 0 Å². The highest BCUT2D eigenvalue weighted by molar-refractivity contribution is 5.75. The first-order valence-electron chi connectivity index (χ1n) is 6.19. The van der Waals surface area contributed by atoms with Crippen molar-refractivity contribution in [3.8, 4) is 0 Å². The Morgan fingerprint density at radius 1 is 1.44 bits per heavy atom. The quantitative estimate of drug-likeness (QED) is 0.788. The second-order valence-corrected chi connectivity index (χ2v) is 4.62. The molecule has 1 aromatic carbocycles. The lowest BCUT2D eigenvalue weighted by Crippen LogP contribution is -2.24.